The molecule has 1 amide bonds. The summed E-state index contributed by atoms with van der Waals surface area (Å²) in [5.74, 6) is 0.0767. The zero-order valence-corrected chi connectivity index (χ0v) is 13.2. The highest BCUT2D eigenvalue weighted by atomic mass is 16.3. The molecule has 5 nitrogen and oxygen atoms in total. The largest absolute Gasteiger partial charge is 0.391 e. The Bertz CT molecular complexity index is 670. The molecule has 1 aliphatic heterocycles. The molecule has 2 aromatic rings. The number of benzene rings is 1. The van der Waals surface area contributed by atoms with Crippen molar-refractivity contribution in [2.45, 2.75) is 31.4 Å². The summed E-state index contributed by atoms with van der Waals surface area (Å²) in [4.78, 5) is 20.2. The number of aliphatic hydroxyl groups is 1. The van der Waals surface area contributed by atoms with E-state index in [0.717, 1.165) is 56.3 Å². The molecule has 0 bridgehead atoms. The van der Waals surface area contributed by atoms with E-state index >= 15 is 0 Å². The summed E-state index contributed by atoms with van der Waals surface area (Å²) in [6.45, 7) is 3.18. The second kappa shape index (κ2) is 5.98. The van der Waals surface area contributed by atoms with E-state index < -0.39 is 0 Å². The number of hydrogen-bond acceptors (Lipinski definition) is 3. The number of rotatable bonds is 2. The monoisotopic (exact) mass is 313 g/mol. The molecular formula is C18H23N3O2. The fourth-order valence-corrected chi connectivity index (χ4v) is 3.96. The van der Waals surface area contributed by atoms with E-state index in [1.807, 2.05) is 35.2 Å². The van der Waals surface area contributed by atoms with Gasteiger partial charge in [0.25, 0.3) is 5.91 Å². The first-order valence-corrected chi connectivity index (χ1v) is 8.51. The van der Waals surface area contributed by atoms with Crippen molar-refractivity contribution in [3.05, 3.63) is 36.0 Å². The van der Waals surface area contributed by atoms with Gasteiger partial charge in [-0.3, -0.25) is 9.69 Å². The number of H-pyrrole nitrogens is 1. The third-order valence-electron chi connectivity index (χ3n) is 5.27. The number of aromatic amines is 1. The van der Waals surface area contributed by atoms with Crippen molar-refractivity contribution in [3.8, 4) is 0 Å². The van der Waals surface area contributed by atoms with Crippen LogP contribution in [-0.2, 0) is 0 Å². The highest BCUT2D eigenvalue weighted by Gasteiger charge is 2.33. The van der Waals surface area contributed by atoms with Crippen molar-refractivity contribution >= 4 is 16.8 Å². The number of para-hydroxylation sites is 1. The number of piperazine rings is 1. The number of nitrogens with one attached hydrogen (secondary N) is 1. The highest BCUT2D eigenvalue weighted by molar-refractivity contribution is 5.98. The summed E-state index contributed by atoms with van der Waals surface area (Å²) in [5.41, 5.74) is 1.67. The van der Waals surface area contributed by atoms with Gasteiger partial charge in [0, 0.05) is 43.1 Å². The van der Waals surface area contributed by atoms with Crippen LogP contribution in [0.3, 0.4) is 0 Å². The van der Waals surface area contributed by atoms with Gasteiger partial charge in [0.1, 0.15) is 5.69 Å². The maximum Gasteiger partial charge on any atom is 0.270 e. The first kappa shape index (κ1) is 14.7. The maximum absolute atomic E-state index is 12.7. The Balaban J connectivity index is 1.42. The fraction of sp³-hybridized carbons (Fsp3) is 0.500. The molecule has 122 valence electrons. The van der Waals surface area contributed by atoms with Crippen molar-refractivity contribution in [3.63, 3.8) is 0 Å². The highest BCUT2D eigenvalue weighted by Crippen LogP contribution is 2.25. The van der Waals surface area contributed by atoms with Gasteiger partial charge in [0.2, 0.25) is 0 Å². The molecule has 1 saturated heterocycles. The molecule has 1 aromatic heterocycles. The van der Waals surface area contributed by atoms with Crippen molar-refractivity contribution < 1.29 is 9.90 Å². The molecule has 2 N–H and O–H groups in total. The summed E-state index contributed by atoms with van der Waals surface area (Å²) in [6.07, 6.45) is 2.92. The molecule has 0 unspecified atom stereocenters. The van der Waals surface area contributed by atoms with Crippen LogP contribution in [0.5, 0.6) is 0 Å². The zero-order chi connectivity index (χ0) is 15.8. The van der Waals surface area contributed by atoms with E-state index in [1.165, 1.54) is 0 Å². The molecule has 2 fully saturated rings. The predicted octanol–water partition coefficient (Wildman–Crippen LogP) is 1.84. The topological polar surface area (TPSA) is 59.6 Å². The maximum atomic E-state index is 12.7. The summed E-state index contributed by atoms with van der Waals surface area (Å²) < 4.78 is 0. The molecular weight excluding hydrogens is 290 g/mol. The normalized spacial score (nSPS) is 26.0. The minimum atomic E-state index is -0.189. The number of hydrogen-bond donors (Lipinski definition) is 2. The third kappa shape index (κ3) is 2.75. The molecule has 1 aliphatic carbocycles. The molecule has 4 rings (SSSR count). The zero-order valence-electron chi connectivity index (χ0n) is 13.2. The first-order valence-electron chi connectivity index (χ1n) is 8.51. The molecule has 23 heavy (non-hydrogen) atoms. The number of carbonyl (C=O) groups excluding carboxylic acids is 1. The van der Waals surface area contributed by atoms with Crippen molar-refractivity contribution in [1.29, 1.82) is 0 Å². The minimum absolute atomic E-state index is 0.0767. The second-order valence-corrected chi connectivity index (χ2v) is 6.66. The Hall–Kier alpha value is -1.85. The van der Waals surface area contributed by atoms with E-state index in [0.29, 0.717) is 11.7 Å². The standard InChI is InChI=1S/C18H23N3O2/c22-17-7-3-6-16(17)20-8-10-21(11-9-20)18(23)15-12-13-4-1-2-5-14(13)19-15/h1-2,4-5,12,16-17,19,22H,3,6-11H2/t16-,17-/m0/s1. The van der Waals surface area contributed by atoms with E-state index in [9.17, 15) is 9.90 Å². The molecule has 2 heterocycles. The molecule has 5 heteroatoms. The van der Waals surface area contributed by atoms with Crippen LogP contribution in [0.2, 0.25) is 0 Å². The number of aliphatic hydroxyl groups excluding tert-OH is 1. The fourth-order valence-electron chi connectivity index (χ4n) is 3.96. The van der Waals surface area contributed by atoms with Gasteiger partial charge in [-0.25, -0.2) is 0 Å². The van der Waals surface area contributed by atoms with Gasteiger partial charge in [0.05, 0.1) is 6.10 Å². The smallest absolute Gasteiger partial charge is 0.270 e. The summed E-state index contributed by atoms with van der Waals surface area (Å²) in [5, 5.41) is 11.1. The van der Waals surface area contributed by atoms with Gasteiger partial charge in [-0.2, -0.15) is 0 Å². The average Bonchev–Trinajstić information content (AvgIpc) is 3.20. The quantitative estimate of drug-likeness (QED) is 0.889. The first-order chi connectivity index (χ1) is 11.2. The van der Waals surface area contributed by atoms with E-state index in [-0.39, 0.29) is 12.0 Å². The van der Waals surface area contributed by atoms with Crippen LogP contribution in [0.4, 0.5) is 0 Å². The number of nitrogens with zero attached hydrogens (tertiary/aromatic N) is 2. The van der Waals surface area contributed by atoms with Gasteiger partial charge in [-0.05, 0) is 31.4 Å². The lowest BCUT2D eigenvalue weighted by Gasteiger charge is -2.38. The Morgan fingerprint density at radius 3 is 2.61 bits per heavy atom. The molecule has 1 aromatic carbocycles. The number of amides is 1. The number of fused-ring (bicyclic) bond motifs is 1. The van der Waals surface area contributed by atoms with Crippen LogP contribution in [-0.4, -0.2) is 64.1 Å². The van der Waals surface area contributed by atoms with Crippen LogP contribution < -0.4 is 0 Å². The molecule has 1 saturated carbocycles. The SMILES string of the molecule is O=C(c1cc2ccccc2[nH]1)N1CCN([C@H]2CCC[C@@H]2O)CC1. The summed E-state index contributed by atoms with van der Waals surface area (Å²) >= 11 is 0. The van der Waals surface area contributed by atoms with Crippen molar-refractivity contribution in [2.24, 2.45) is 0 Å². The predicted molar refractivity (Wildman–Crippen MR) is 89.4 cm³/mol. The van der Waals surface area contributed by atoms with Crippen LogP contribution in [0.1, 0.15) is 29.8 Å². The summed E-state index contributed by atoms with van der Waals surface area (Å²) in [7, 11) is 0. The number of aromatic nitrogens is 1. The molecule has 2 aliphatic rings. The Morgan fingerprint density at radius 2 is 1.91 bits per heavy atom. The molecule has 0 radical (unpaired) electrons. The van der Waals surface area contributed by atoms with E-state index in [2.05, 4.69) is 9.88 Å². The Labute approximate surface area is 135 Å². The van der Waals surface area contributed by atoms with Crippen molar-refractivity contribution in [2.75, 3.05) is 26.2 Å². The molecule has 0 spiro atoms. The van der Waals surface area contributed by atoms with Crippen LogP contribution in [0, 0.1) is 0 Å². The second-order valence-electron chi connectivity index (χ2n) is 6.66. The van der Waals surface area contributed by atoms with E-state index in [1.54, 1.807) is 0 Å². The van der Waals surface area contributed by atoms with Gasteiger partial charge in [0.15, 0.2) is 0 Å². The summed E-state index contributed by atoms with van der Waals surface area (Å²) in [6, 6.07) is 10.2. The van der Waals surface area contributed by atoms with Gasteiger partial charge in [-0.1, -0.05) is 18.2 Å². The minimum Gasteiger partial charge on any atom is -0.391 e. The van der Waals surface area contributed by atoms with Gasteiger partial charge < -0.3 is 15.0 Å². The number of carbonyl (C=O) groups is 1. The van der Waals surface area contributed by atoms with Crippen LogP contribution >= 0.6 is 0 Å². The molecule has 2 atom stereocenters. The third-order valence-corrected chi connectivity index (χ3v) is 5.27. The van der Waals surface area contributed by atoms with Gasteiger partial charge in [-0.15, -0.1) is 0 Å². The lowest BCUT2D eigenvalue weighted by molar-refractivity contribution is 0.0313. The average molecular weight is 313 g/mol. The van der Waals surface area contributed by atoms with Crippen LogP contribution in [0.15, 0.2) is 30.3 Å². The van der Waals surface area contributed by atoms with Gasteiger partial charge >= 0.3 is 0 Å². The Morgan fingerprint density at radius 1 is 1.13 bits per heavy atom. The lowest BCUT2D eigenvalue weighted by atomic mass is 10.1. The Kier molecular flexibility index (Phi) is 3.83. The van der Waals surface area contributed by atoms with Crippen LogP contribution in [0.25, 0.3) is 10.9 Å². The van der Waals surface area contributed by atoms with Crippen molar-refractivity contribution in [1.82, 2.24) is 14.8 Å². The van der Waals surface area contributed by atoms with E-state index in [4.69, 9.17) is 0 Å². The lowest BCUT2D eigenvalue weighted by Crippen LogP contribution is -2.53.